The molecule has 0 radical (unpaired) electrons. The molecule has 2 N–H and O–H groups in total. The Balaban J connectivity index is 1.62. The lowest BCUT2D eigenvalue weighted by molar-refractivity contribution is 0.0697. The summed E-state index contributed by atoms with van der Waals surface area (Å²) in [5.74, 6) is 0.478. The van der Waals surface area contributed by atoms with Crippen LogP contribution in [0.2, 0.25) is 0 Å². The second-order valence-corrected chi connectivity index (χ2v) is 9.09. The van der Waals surface area contributed by atoms with Gasteiger partial charge in [-0.05, 0) is 67.6 Å². The van der Waals surface area contributed by atoms with Crippen molar-refractivity contribution in [1.29, 1.82) is 0 Å². The van der Waals surface area contributed by atoms with Gasteiger partial charge in [0, 0.05) is 21.8 Å². The summed E-state index contributed by atoms with van der Waals surface area (Å²) in [6.45, 7) is 5.98. The maximum absolute atomic E-state index is 11.2. The van der Waals surface area contributed by atoms with Crippen molar-refractivity contribution in [3.8, 4) is 10.7 Å². The quantitative estimate of drug-likeness (QED) is 0.252. The molecule has 6 heteroatoms. The van der Waals surface area contributed by atoms with E-state index in [1.165, 1.54) is 10.4 Å². The highest BCUT2D eigenvalue weighted by atomic mass is 32.1. The first-order valence-corrected chi connectivity index (χ1v) is 12.1. The molecule has 2 aromatic heterocycles. The summed E-state index contributed by atoms with van der Waals surface area (Å²) in [6, 6.07) is 21.4. The van der Waals surface area contributed by atoms with Gasteiger partial charge in [-0.1, -0.05) is 43.3 Å². The Labute approximate surface area is 203 Å². The molecule has 0 unspecified atom stereocenters. The lowest BCUT2D eigenvalue weighted by Gasteiger charge is -2.15. The zero-order valence-electron chi connectivity index (χ0n) is 19.1. The smallest absolute Gasteiger partial charge is 0.335 e. The first-order chi connectivity index (χ1) is 16.6. The topological polar surface area (TPSA) is 75.1 Å². The third-order valence-electron chi connectivity index (χ3n) is 5.56. The van der Waals surface area contributed by atoms with Crippen molar-refractivity contribution in [3.05, 3.63) is 107 Å². The average molecular weight is 470 g/mol. The van der Waals surface area contributed by atoms with Gasteiger partial charge in [0.1, 0.15) is 5.82 Å². The second-order valence-electron chi connectivity index (χ2n) is 7.93. The van der Waals surface area contributed by atoms with E-state index < -0.39 is 5.97 Å². The minimum atomic E-state index is -0.947. The molecule has 5 nitrogen and oxygen atoms in total. The van der Waals surface area contributed by atoms with E-state index in [-0.39, 0.29) is 5.56 Å². The summed E-state index contributed by atoms with van der Waals surface area (Å²) in [7, 11) is 0. The normalized spacial score (nSPS) is 10.7. The molecule has 0 aliphatic carbocycles. The first kappa shape index (κ1) is 23.4. The standard InChI is InChI=1S/C28H27N3O2S/c1-3-8-23-24(4-2)30-27(31-26(23)29-21-14-12-20(13-15-21)28(32)33)25-18-17-22(34-25)16-11-19-9-6-5-7-10-19/h3,5-7,9-10,12-15,17-18H,1,4,8,11,16H2,2H3,(H,32,33)(H,29,30,31). The van der Waals surface area contributed by atoms with Crippen LogP contribution in [0.5, 0.6) is 0 Å². The van der Waals surface area contributed by atoms with Crippen molar-refractivity contribution in [2.24, 2.45) is 0 Å². The minimum Gasteiger partial charge on any atom is -0.478 e. The highest BCUT2D eigenvalue weighted by Crippen LogP contribution is 2.31. The molecule has 34 heavy (non-hydrogen) atoms. The van der Waals surface area contributed by atoms with Crippen LogP contribution in [0, 0.1) is 0 Å². The number of carboxylic acids is 1. The van der Waals surface area contributed by atoms with Crippen LogP contribution in [0.1, 0.15) is 39.0 Å². The zero-order chi connectivity index (χ0) is 23.9. The van der Waals surface area contributed by atoms with Gasteiger partial charge in [0.2, 0.25) is 0 Å². The Morgan fingerprint density at radius 2 is 1.79 bits per heavy atom. The van der Waals surface area contributed by atoms with Crippen molar-refractivity contribution < 1.29 is 9.90 Å². The fourth-order valence-corrected chi connectivity index (χ4v) is 4.71. The number of hydrogen-bond acceptors (Lipinski definition) is 5. The molecule has 0 aliphatic heterocycles. The molecule has 172 valence electrons. The Morgan fingerprint density at radius 3 is 2.47 bits per heavy atom. The minimum absolute atomic E-state index is 0.246. The molecule has 4 aromatic rings. The average Bonchev–Trinajstić information content (AvgIpc) is 3.34. The summed E-state index contributed by atoms with van der Waals surface area (Å²) in [4.78, 5) is 23.3. The number of hydrogen-bond donors (Lipinski definition) is 2. The summed E-state index contributed by atoms with van der Waals surface area (Å²) in [5.41, 5.74) is 4.34. The monoisotopic (exact) mass is 469 g/mol. The van der Waals surface area contributed by atoms with Crippen LogP contribution in [0.25, 0.3) is 10.7 Å². The highest BCUT2D eigenvalue weighted by Gasteiger charge is 2.16. The van der Waals surface area contributed by atoms with Gasteiger partial charge in [0.15, 0.2) is 5.82 Å². The largest absolute Gasteiger partial charge is 0.478 e. The second kappa shape index (κ2) is 10.9. The Hall–Kier alpha value is -3.77. The zero-order valence-corrected chi connectivity index (χ0v) is 19.9. The van der Waals surface area contributed by atoms with Gasteiger partial charge in [0.05, 0.1) is 10.4 Å². The van der Waals surface area contributed by atoms with Crippen LogP contribution in [0.15, 0.2) is 79.4 Å². The van der Waals surface area contributed by atoms with Crippen LogP contribution in [-0.2, 0) is 25.7 Å². The van der Waals surface area contributed by atoms with Gasteiger partial charge in [-0.2, -0.15) is 0 Å². The van der Waals surface area contributed by atoms with E-state index in [2.05, 4.69) is 55.2 Å². The number of allylic oxidation sites excluding steroid dienone is 1. The number of carboxylic acid groups (broad SMARTS) is 1. The molecular weight excluding hydrogens is 442 g/mol. The fourth-order valence-electron chi connectivity index (χ4n) is 3.77. The number of carbonyl (C=O) groups is 1. The molecule has 0 fully saturated rings. The summed E-state index contributed by atoms with van der Waals surface area (Å²) < 4.78 is 0. The van der Waals surface area contributed by atoms with Crippen LogP contribution < -0.4 is 5.32 Å². The van der Waals surface area contributed by atoms with Crippen molar-refractivity contribution in [3.63, 3.8) is 0 Å². The van der Waals surface area contributed by atoms with E-state index in [0.29, 0.717) is 12.2 Å². The van der Waals surface area contributed by atoms with Gasteiger partial charge < -0.3 is 10.4 Å². The third-order valence-corrected chi connectivity index (χ3v) is 6.70. The summed E-state index contributed by atoms with van der Waals surface area (Å²) in [5, 5.41) is 12.5. The van der Waals surface area contributed by atoms with Crippen molar-refractivity contribution in [2.45, 2.75) is 32.6 Å². The molecule has 0 amide bonds. The summed E-state index contributed by atoms with van der Waals surface area (Å²) in [6.07, 6.45) is 5.25. The predicted molar refractivity (Wildman–Crippen MR) is 139 cm³/mol. The Kier molecular flexibility index (Phi) is 7.50. The molecule has 0 atom stereocenters. The third kappa shape index (κ3) is 5.58. The number of nitrogens with one attached hydrogen (secondary N) is 1. The number of benzene rings is 2. The van der Waals surface area contributed by atoms with Gasteiger partial charge in [-0.25, -0.2) is 14.8 Å². The molecule has 4 rings (SSSR count). The van der Waals surface area contributed by atoms with E-state index >= 15 is 0 Å². The molecular formula is C28H27N3O2S. The SMILES string of the molecule is C=CCc1c(CC)nc(-c2ccc(CCc3ccccc3)s2)nc1Nc1ccc(C(=O)O)cc1. The molecule has 0 aliphatic rings. The van der Waals surface area contributed by atoms with Crippen LogP contribution in [0.4, 0.5) is 11.5 Å². The number of rotatable bonds is 10. The maximum atomic E-state index is 11.2. The van der Waals surface area contributed by atoms with Gasteiger partial charge in [-0.15, -0.1) is 17.9 Å². The number of anilines is 2. The Morgan fingerprint density at radius 1 is 1.03 bits per heavy atom. The maximum Gasteiger partial charge on any atom is 0.335 e. The molecule has 2 heterocycles. The van der Waals surface area contributed by atoms with E-state index in [4.69, 9.17) is 15.1 Å². The van der Waals surface area contributed by atoms with Gasteiger partial charge in [-0.3, -0.25) is 0 Å². The van der Waals surface area contributed by atoms with E-state index in [1.54, 1.807) is 35.6 Å². The van der Waals surface area contributed by atoms with Crippen molar-refractivity contribution >= 4 is 28.8 Å². The lowest BCUT2D eigenvalue weighted by Crippen LogP contribution is -2.07. The van der Waals surface area contributed by atoms with Crippen LogP contribution in [-0.4, -0.2) is 21.0 Å². The van der Waals surface area contributed by atoms with Gasteiger partial charge in [0.25, 0.3) is 0 Å². The van der Waals surface area contributed by atoms with E-state index in [0.717, 1.165) is 46.9 Å². The molecule has 0 bridgehead atoms. The first-order valence-electron chi connectivity index (χ1n) is 11.3. The highest BCUT2D eigenvalue weighted by molar-refractivity contribution is 7.15. The van der Waals surface area contributed by atoms with Crippen LogP contribution in [0.3, 0.4) is 0 Å². The fraction of sp³-hybridized carbons (Fsp3) is 0.179. The lowest BCUT2D eigenvalue weighted by atomic mass is 10.1. The number of aryl methyl sites for hydroxylation is 3. The van der Waals surface area contributed by atoms with Crippen molar-refractivity contribution in [1.82, 2.24) is 9.97 Å². The number of aromatic nitrogens is 2. The molecule has 0 saturated heterocycles. The number of thiophene rings is 1. The van der Waals surface area contributed by atoms with E-state index in [9.17, 15) is 4.79 Å². The Bertz CT molecular complexity index is 1280. The van der Waals surface area contributed by atoms with Crippen molar-refractivity contribution in [2.75, 3.05) is 5.32 Å². The molecule has 0 saturated carbocycles. The molecule has 0 spiro atoms. The van der Waals surface area contributed by atoms with Gasteiger partial charge >= 0.3 is 5.97 Å². The van der Waals surface area contributed by atoms with E-state index in [1.807, 2.05) is 12.1 Å². The summed E-state index contributed by atoms with van der Waals surface area (Å²) >= 11 is 1.73. The predicted octanol–water partition coefficient (Wildman–Crippen LogP) is 6.72. The molecule has 2 aromatic carbocycles. The van der Waals surface area contributed by atoms with Crippen LogP contribution >= 0.6 is 11.3 Å². The number of nitrogens with zero attached hydrogens (tertiary/aromatic N) is 2. The number of aromatic carboxylic acids is 1.